The Bertz CT molecular complexity index is 421. The quantitative estimate of drug-likeness (QED) is 0.468. The van der Waals surface area contributed by atoms with Crippen molar-refractivity contribution in [2.75, 3.05) is 6.61 Å². The van der Waals surface area contributed by atoms with Crippen LogP contribution in [-0.2, 0) is 28.4 Å². The molecule has 1 rings (SSSR count). The summed E-state index contributed by atoms with van der Waals surface area (Å²) < 4.78 is 31.0. The third kappa shape index (κ3) is 3.71. The number of hydrogen-bond acceptors (Lipinski definition) is 8. The van der Waals surface area contributed by atoms with Crippen LogP contribution < -0.4 is 5.32 Å². The van der Waals surface area contributed by atoms with Gasteiger partial charge in [0.05, 0.1) is 6.61 Å². The van der Waals surface area contributed by atoms with Crippen molar-refractivity contribution in [1.29, 1.82) is 0 Å². The van der Waals surface area contributed by atoms with Crippen LogP contribution >= 0.6 is 0 Å². The fourth-order valence-electron chi connectivity index (χ4n) is 1.39. The third-order valence-electron chi connectivity index (χ3n) is 2.21. The van der Waals surface area contributed by atoms with Crippen molar-refractivity contribution in [3.63, 3.8) is 0 Å². The first-order valence-electron chi connectivity index (χ1n) is 4.93. The van der Waals surface area contributed by atoms with E-state index in [1.807, 2.05) is 0 Å². The number of aliphatic hydroxyl groups is 2. The molecule has 18 heavy (non-hydrogen) atoms. The van der Waals surface area contributed by atoms with Gasteiger partial charge in [0.1, 0.15) is 30.6 Å². The minimum Gasteiger partial charge on any atom is -0.388 e. The van der Waals surface area contributed by atoms with Gasteiger partial charge in [-0.1, -0.05) is 0 Å². The highest BCUT2D eigenvalue weighted by atomic mass is 32.3. The van der Waals surface area contributed by atoms with Gasteiger partial charge in [-0.3, -0.25) is 4.79 Å². The van der Waals surface area contributed by atoms with E-state index in [1.165, 1.54) is 0 Å². The maximum atomic E-state index is 11.2. The Morgan fingerprint density at radius 2 is 2.11 bits per heavy atom. The summed E-state index contributed by atoms with van der Waals surface area (Å²) in [4.78, 5) is 21.6. The molecule has 0 unspecified atom stereocenters. The van der Waals surface area contributed by atoms with Crippen LogP contribution in [0, 0.1) is 0 Å². The number of aldehydes is 1. The van der Waals surface area contributed by atoms with E-state index in [0.29, 0.717) is 0 Å². The first-order valence-corrected chi connectivity index (χ1v) is 6.26. The van der Waals surface area contributed by atoms with E-state index in [2.05, 4.69) is 13.7 Å². The van der Waals surface area contributed by atoms with Crippen molar-refractivity contribution < 1.29 is 36.6 Å². The second-order valence-corrected chi connectivity index (χ2v) is 4.92. The largest absolute Gasteiger partial charge is 0.400 e. The van der Waals surface area contributed by atoms with E-state index in [4.69, 9.17) is 0 Å². The summed E-state index contributed by atoms with van der Waals surface area (Å²) in [5.74, 6) is -0.625. The Kier molecular flexibility index (Phi) is 4.76. The van der Waals surface area contributed by atoms with Crippen molar-refractivity contribution in [3.05, 3.63) is 0 Å². The number of amides is 1. The standard InChI is InChI=1S/C8H13NO8S/c1-4(11)9-5(2-10)8-7(13)6(12)3-16-18(14,15)17-8/h2,5-8,12-13H,3H2,1H3,(H,9,11)/t5-,6+,7-,8+/m0/s1. The molecule has 0 aromatic rings. The van der Waals surface area contributed by atoms with Crippen LogP contribution in [-0.4, -0.2) is 61.8 Å². The van der Waals surface area contributed by atoms with Crippen molar-refractivity contribution in [2.45, 2.75) is 31.3 Å². The summed E-state index contributed by atoms with van der Waals surface area (Å²) in [5, 5.41) is 21.1. The number of nitrogens with one attached hydrogen (secondary N) is 1. The van der Waals surface area contributed by atoms with Gasteiger partial charge in [-0.25, -0.2) is 8.37 Å². The van der Waals surface area contributed by atoms with Gasteiger partial charge in [0.2, 0.25) is 5.91 Å². The monoisotopic (exact) mass is 283 g/mol. The highest BCUT2D eigenvalue weighted by Crippen LogP contribution is 2.18. The lowest BCUT2D eigenvalue weighted by Gasteiger charge is -2.26. The molecule has 1 fully saturated rings. The second-order valence-electron chi connectivity index (χ2n) is 3.67. The molecular formula is C8H13NO8S. The van der Waals surface area contributed by atoms with Crippen molar-refractivity contribution in [2.24, 2.45) is 0 Å². The predicted molar refractivity (Wildman–Crippen MR) is 55.4 cm³/mol. The van der Waals surface area contributed by atoms with E-state index >= 15 is 0 Å². The molecule has 1 heterocycles. The van der Waals surface area contributed by atoms with Crippen molar-refractivity contribution in [1.82, 2.24) is 5.32 Å². The third-order valence-corrected chi connectivity index (χ3v) is 3.10. The van der Waals surface area contributed by atoms with Crippen molar-refractivity contribution >= 4 is 22.6 Å². The van der Waals surface area contributed by atoms with E-state index in [9.17, 15) is 28.2 Å². The van der Waals surface area contributed by atoms with Crippen LogP contribution in [0.5, 0.6) is 0 Å². The number of rotatable bonds is 3. The Morgan fingerprint density at radius 1 is 1.50 bits per heavy atom. The molecule has 0 aromatic heterocycles. The second kappa shape index (κ2) is 5.71. The molecule has 104 valence electrons. The molecule has 0 spiro atoms. The minimum atomic E-state index is -4.46. The minimum absolute atomic E-state index is 0.197. The Morgan fingerprint density at radius 3 is 2.61 bits per heavy atom. The van der Waals surface area contributed by atoms with Gasteiger partial charge in [0.25, 0.3) is 0 Å². The average Bonchev–Trinajstić information content (AvgIpc) is 2.37. The van der Waals surface area contributed by atoms with Crippen LogP contribution in [0.15, 0.2) is 0 Å². The first-order chi connectivity index (χ1) is 8.26. The zero-order chi connectivity index (χ0) is 13.9. The molecule has 9 nitrogen and oxygen atoms in total. The van der Waals surface area contributed by atoms with Gasteiger partial charge in [-0.15, -0.1) is 0 Å². The summed E-state index contributed by atoms with van der Waals surface area (Å²) in [6, 6.07) is -1.43. The highest BCUT2D eigenvalue weighted by molar-refractivity contribution is 7.81. The molecule has 3 N–H and O–H groups in total. The molecule has 0 saturated carbocycles. The summed E-state index contributed by atoms with van der Waals surface area (Å²) >= 11 is 0. The SMILES string of the molecule is CC(=O)N[C@@H](C=O)[C@H]1OS(=O)(=O)OC[C@@H](O)[C@@H]1O. The number of aliphatic hydroxyl groups excluding tert-OH is 2. The number of carbonyl (C=O) groups excluding carboxylic acids is 2. The average molecular weight is 283 g/mol. The van der Waals surface area contributed by atoms with Crippen LogP contribution in [0.2, 0.25) is 0 Å². The van der Waals surface area contributed by atoms with Gasteiger partial charge >= 0.3 is 10.4 Å². The van der Waals surface area contributed by atoms with Crippen LogP contribution in [0.25, 0.3) is 0 Å². The lowest BCUT2D eigenvalue weighted by atomic mass is 10.0. The summed E-state index contributed by atoms with van der Waals surface area (Å²) in [5.41, 5.74) is 0. The molecule has 0 radical (unpaired) electrons. The Balaban J connectivity index is 2.99. The summed E-state index contributed by atoms with van der Waals surface area (Å²) in [6.45, 7) is 0.395. The lowest BCUT2D eigenvalue weighted by molar-refractivity contribution is -0.126. The molecule has 0 bridgehead atoms. The Hall–Kier alpha value is -1.07. The molecule has 0 aliphatic carbocycles. The van der Waals surface area contributed by atoms with Gasteiger partial charge in [-0.2, -0.15) is 8.42 Å². The van der Waals surface area contributed by atoms with Crippen LogP contribution in [0.1, 0.15) is 6.92 Å². The fourth-order valence-corrected chi connectivity index (χ4v) is 2.26. The van der Waals surface area contributed by atoms with E-state index in [0.717, 1.165) is 6.92 Å². The molecule has 1 amide bonds. The van der Waals surface area contributed by atoms with E-state index < -0.39 is 47.3 Å². The van der Waals surface area contributed by atoms with Gasteiger partial charge in [-0.05, 0) is 0 Å². The van der Waals surface area contributed by atoms with Crippen LogP contribution in [0.4, 0.5) is 0 Å². The van der Waals surface area contributed by atoms with Crippen LogP contribution in [0.3, 0.4) is 0 Å². The summed E-state index contributed by atoms with van der Waals surface area (Å²) in [6.07, 6.45) is -4.73. The molecule has 1 saturated heterocycles. The fraction of sp³-hybridized carbons (Fsp3) is 0.750. The maximum Gasteiger partial charge on any atom is 0.400 e. The molecule has 4 atom stereocenters. The van der Waals surface area contributed by atoms with Gasteiger partial charge in [0, 0.05) is 6.92 Å². The zero-order valence-electron chi connectivity index (χ0n) is 9.35. The predicted octanol–water partition coefficient (Wildman–Crippen LogP) is -2.93. The Labute approximate surface area is 103 Å². The highest BCUT2D eigenvalue weighted by Gasteiger charge is 2.41. The van der Waals surface area contributed by atoms with E-state index in [1.54, 1.807) is 0 Å². The number of carbonyl (C=O) groups is 2. The molecule has 1 aliphatic heterocycles. The zero-order valence-corrected chi connectivity index (χ0v) is 10.2. The summed E-state index contributed by atoms with van der Waals surface area (Å²) in [7, 11) is -4.46. The maximum absolute atomic E-state index is 11.2. The molecular weight excluding hydrogens is 270 g/mol. The molecule has 1 aliphatic rings. The molecule has 0 aromatic carbocycles. The van der Waals surface area contributed by atoms with Crippen molar-refractivity contribution in [3.8, 4) is 0 Å². The lowest BCUT2D eigenvalue weighted by Crippen LogP contribution is -2.53. The number of hydrogen-bond donors (Lipinski definition) is 3. The normalized spacial score (nSPS) is 33.2. The van der Waals surface area contributed by atoms with Gasteiger partial charge in [0.15, 0.2) is 0 Å². The smallest absolute Gasteiger partial charge is 0.388 e. The van der Waals surface area contributed by atoms with Gasteiger partial charge < -0.3 is 20.3 Å². The first kappa shape index (κ1) is 15.0. The topological polar surface area (TPSA) is 139 Å². The molecule has 10 heteroatoms. The van der Waals surface area contributed by atoms with E-state index in [-0.39, 0.29) is 6.29 Å².